The number of hydrogen-bond acceptors (Lipinski definition) is 8. The third kappa shape index (κ3) is 18.1. The molecular formula is C81H76O8. The molecule has 0 saturated carbocycles. The van der Waals surface area contributed by atoms with Crippen LogP contribution in [0.3, 0.4) is 0 Å². The van der Waals surface area contributed by atoms with Crippen LogP contribution in [0.5, 0.6) is 23.0 Å². The van der Waals surface area contributed by atoms with Crippen molar-refractivity contribution in [3.05, 3.63) is 324 Å². The second-order valence-electron chi connectivity index (χ2n) is 21.4. The van der Waals surface area contributed by atoms with Gasteiger partial charge < -0.3 is 37.9 Å². The highest BCUT2D eigenvalue weighted by Gasteiger charge is 2.26. The lowest BCUT2D eigenvalue weighted by atomic mass is 9.81. The molecule has 0 fully saturated rings. The van der Waals surface area contributed by atoms with Gasteiger partial charge in [-0.05, 0) is 132 Å². The Morgan fingerprint density at radius 3 is 0.899 bits per heavy atom. The van der Waals surface area contributed by atoms with Crippen molar-refractivity contribution in [3.63, 3.8) is 0 Å². The predicted molar refractivity (Wildman–Crippen MR) is 363 cm³/mol. The van der Waals surface area contributed by atoms with E-state index in [-0.39, 0.29) is 0 Å². The van der Waals surface area contributed by atoms with Crippen LogP contribution < -0.4 is 18.9 Å². The molecular weight excluding hydrogens is 1100 g/mol. The highest BCUT2D eigenvalue weighted by Crippen LogP contribution is 2.45. The fourth-order valence-electron chi connectivity index (χ4n) is 10.3. The zero-order chi connectivity index (χ0) is 61.2. The molecule has 0 N–H and O–H groups in total. The zero-order valence-electron chi connectivity index (χ0n) is 50.5. The molecule has 0 spiro atoms. The molecule has 0 bridgehead atoms. The molecule has 0 heterocycles. The molecule has 0 radical (unpaired) electrons. The van der Waals surface area contributed by atoms with E-state index in [1.807, 2.05) is 103 Å². The maximum Gasteiger partial charge on any atom is 0.123 e. The summed E-state index contributed by atoms with van der Waals surface area (Å²) >= 11 is 0. The molecule has 8 heteroatoms. The Kier molecular flexibility index (Phi) is 22.9. The lowest BCUT2D eigenvalue weighted by Crippen LogP contribution is -2.13. The maximum absolute atomic E-state index is 6.89. The van der Waals surface area contributed by atoms with Gasteiger partial charge in [0.05, 0.1) is 52.9 Å². The van der Waals surface area contributed by atoms with Crippen molar-refractivity contribution in [2.45, 2.75) is 32.3 Å². The topological polar surface area (TPSA) is 73.8 Å². The maximum atomic E-state index is 6.89. The van der Waals surface area contributed by atoms with Gasteiger partial charge in [-0.15, -0.1) is 0 Å². The average Bonchev–Trinajstić information content (AvgIpc) is 1.27. The largest absolute Gasteiger partial charge is 0.491 e. The van der Waals surface area contributed by atoms with Crippen molar-refractivity contribution in [1.29, 1.82) is 0 Å². The first-order chi connectivity index (χ1) is 43.9. The summed E-state index contributed by atoms with van der Waals surface area (Å²) in [5.74, 6) is 2.55. The predicted octanol–water partition coefficient (Wildman–Crippen LogP) is 18.8. The van der Waals surface area contributed by atoms with Gasteiger partial charge in [0.2, 0.25) is 0 Å². The molecule has 10 rings (SSSR count). The lowest BCUT2D eigenvalue weighted by Gasteiger charge is -2.26. The van der Waals surface area contributed by atoms with E-state index >= 15 is 0 Å². The smallest absolute Gasteiger partial charge is 0.123 e. The molecule has 0 aliphatic heterocycles. The van der Waals surface area contributed by atoms with Gasteiger partial charge in [-0.2, -0.15) is 0 Å². The van der Waals surface area contributed by atoms with Crippen LogP contribution in [-0.4, -0.2) is 52.9 Å². The summed E-state index contributed by atoms with van der Waals surface area (Å²) in [4.78, 5) is 0. The van der Waals surface area contributed by atoms with Crippen molar-refractivity contribution >= 4 is 24.3 Å². The Hall–Kier alpha value is -9.80. The van der Waals surface area contributed by atoms with Crippen LogP contribution in [0.25, 0.3) is 57.7 Å². The molecule has 0 unspecified atom stereocenters. The van der Waals surface area contributed by atoms with Crippen molar-refractivity contribution in [3.8, 4) is 56.4 Å². The minimum absolute atomic E-state index is 0.315. The quantitative estimate of drug-likeness (QED) is 0.0292. The van der Waals surface area contributed by atoms with Gasteiger partial charge in [-0.25, -0.2) is 0 Å². The SMILES string of the molecule is C=Cc1ccc(COCCOc2ccc(-c3ccc(OCCOCc4ccc(C=C)cc4)c(C(c4ccc(-c5ccccc5)cc4)c4cc(-c5ccc(OCCOCc6ccc(C=C)cc6)cc5)ccc4OCCOCc4ccc(C=C)cc4)c3)cc2)cc1. The van der Waals surface area contributed by atoms with E-state index in [2.05, 4.69) is 184 Å². The third-order valence-corrected chi connectivity index (χ3v) is 15.3. The molecule has 0 aliphatic rings. The number of hydrogen-bond donors (Lipinski definition) is 0. The summed E-state index contributed by atoms with van der Waals surface area (Å²) < 4.78 is 50.6. The molecule has 0 amide bonds. The van der Waals surface area contributed by atoms with Crippen molar-refractivity contribution in [1.82, 2.24) is 0 Å². The van der Waals surface area contributed by atoms with Crippen LogP contribution in [0.15, 0.2) is 263 Å². The molecule has 0 aliphatic carbocycles. The van der Waals surface area contributed by atoms with E-state index in [4.69, 9.17) is 37.9 Å². The van der Waals surface area contributed by atoms with Crippen LogP contribution in [0.1, 0.15) is 67.1 Å². The Morgan fingerprint density at radius 2 is 0.562 bits per heavy atom. The highest BCUT2D eigenvalue weighted by atomic mass is 16.5. The van der Waals surface area contributed by atoms with Crippen LogP contribution in [0, 0.1) is 0 Å². The van der Waals surface area contributed by atoms with Gasteiger partial charge in [0.15, 0.2) is 0 Å². The zero-order valence-corrected chi connectivity index (χ0v) is 50.5. The first-order valence-electron chi connectivity index (χ1n) is 30.2. The summed E-state index contributed by atoms with van der Waals surface area (Å²) in [6, 6.07) is 81.5. The molecule has 448 valence electrons. The lowest BCUT2D eigenvalue weighted by molar-refractivity contribution is 0.0881. The summed E-state index contributed by atoms with van der Waals surface area (Å²) in [5, 5.41) is 0. The second-order valence-corrected chi connectivity index (χ2v) is 21.4. The average molecular weight is 1180 g/mol. The summed E-state index contributed by atoms with van der Waals surface area (Å²) in [5.41, 5.74) is 17.9. The molecule has 10 aromatic carbocycles. The van der Waals surface area contributed by atoms with Crippen molar-refractivity contribution in [2.75, 3.05) is 52.9 Å². The van der Waals surface area contributed by atoms with Gasteiger partial charge in [-0.3, -0.25) is 0 Å². The Morgan fingerprint density at radius 1 is 0.270 bits per heavy atom. The van der Waals surface area contributed by atoms with Gasteiger partial charge in [-0.1, -0.05) is 239 Å². The van der Waals surface area contributed by atoms with E-state index < -0.39 is 5.92 Å². The van der Waals surface area contributed by atoms with E-state index in [0.29, 0.717) is 79.3 Å². The Bertz CT molecular complexity index is 3610. The molecule has 0 atom stereocenters. The van der Waals surface area contributed by atoms with E-state index in [1.54, 1.807) is 0 Å². The van der Waals surface area contributed by atoms with E-state index in [0.717, 1.165) is 118 Å². The van der Waals surface area contributed by atoms with Crippen LogP contribution in [0.4, 0.5) is 0 Å². The summed E-state index contributed by atoms with van der Waals surface area (Å²) in [6.45, 7) is 20.5. The highest BCUT2D eigenvalue weighted by molar-refractivity contribution is 5.72. The molecule has 0 saturated heterocycles. The van der Waals surface area contributed by atoms with Crippen LogP contribution in [0.2, 0.25) is 0 Å². The first kappa shape index (κ1) is 62.3. The fourth-order valence-corrected chi connectivity index (χ4v) is 10.3. The van der Waals surface area contributed by atoms with Gasteiger partial charge >= 0.3 is 0 Å². The molecule has 0 aromatic heterocycles. The van der Waals surface area contributed by atoms with Crippen LogP contribution >= 0.6 is 0 Å². The monoisotopic (exact) mass is 1180 g/mol. The fraction of sp³-hybridized carbons (Fsp3) is 0.160. The first-order valence-corrected chi connectivity index (χ1v) is 30.2. The third-order valence-electron chi connectivity index (χ3n) is 15.3. The van der Waals surface area contributed by atoms with E-state index in [9.17, 15) is 0 Å². The summed E-state index contributed by atoms with van der Waals surface area (Å²) in [7, 11) is 0. The standard InChI is InChI=1S/C81H76O8/c1-5-60-14-22-64(23-15-60)56-82-46-50-86-75-40-34-70(35-41-75)73-38-44-79(88-52-48-84-58-66-26-18-62(7-3)19-27-66)77(54-73)81(72-32-30-69(31-33-72)68-12-10-9-11-13-68)78-55-74(39-45-80(78)89-53-49-85-59-67-28-20-63(8-4)21-29-67)71-36-42-76(43-37-71)87-51-47-83-57-65-24-16-61(6-2)17-25-65/h5-45,54-55,81H,1-4,46-53,56-59H2. The van der Waals surface area contributed by atoms with Crippen molar-refractivity contribution < 1.29 is 37.9 Å². The number of benzene rings is 10. The summed E-state index contributed by atoms with van der Waals surface area (Å²) in [6.07, 6.45) is 7.35. The van der Waals surface area contributed by atoms with Gasteiger partial charge in [0.1, 0.15) is 49.4 Å². The normalized spacial score (nSPS) is 11.0. The Labute approximate surface area is 525 Å². The molecule has 89 heavy (non-hydrogen) atoms. The minimum atomic E-state index is -0.400. The number of ether oxygens (including phenoxy) is 8. The van der Waals surface area contributed by atoms with Gasteiger partial charge in [0.25, 0.3) is 0 Å². The number of rotatable bonds is 34. The van der Waals surface area contributed by atoms with E-state index in [1.165, 1.54) is 0 Å². The Balaban J connectivity index is 0.964. The molecule has 8 nitrogen and oxygen atoms in total. The van der Waals surface area contributed by atoms with Crippen LogP contribution in [-0.2, 0) is 45.4 Å². The second kappa shape index (κ2) is 32.8. The van der Waals surface area contributed by atoms with Gasteiger partial charge in [0, 0.05) is 17.0 Å². The van der Waals surface area contributed by atoms with Crippen molar-refractivity contribution in [2.24, 2.45) is 0 Å². The molecule has 10 aromatic rings. The minimum Gasteiger partial charge on any atom is -0.491 e.